The lowest BCUT2D eigenvalue weighted by Gasteiger charge is -2.32. The summed E-state index contributed by atoms with van der Waals surface area (Å²) in [5.41, 5.74) is 0.747. The summed E-state index contributed by atoms with van der Waals surface area (Å²) in [5.74, 6) is 0.496. The Kier molecular flexibility index (Phi) is 4.43. The first-order chi connectivity index (χ1) is 13.4. The summed E-state index contributed by atoms with van der Waals surface area (Å²) in [4.78, 5) is 4.26. The summed E-state index contributed by atoms with van der Waals surface area (Å²) in [7, 11) is -0.545. The first-order valence-corrected chi connectivity index (χ1v) is 9.05. The third kappa shape index (κ3) is 3.84. The molecule has 2 aromatic rings. The van der Waals surface area contributed by atoms with Gasteiger partial charge in [-0.05, 0) is 57.4 Å². The molecular weight excluding hydrogens is 386 g/mol. The average molecular weight is 405 g/mol. The Labute approximate surface area is 166 Å². The SMILES string of the molecule is CC1(C)OB(c2ccc3c(c2)C=Nc2cc(OC(F)(F)F)ccc2O3)OC1(C)C. The second-order valence-corrected chi connectivity index (χ2v) is 7.92. The summed E-state index contributed by atoms with van der Waals surface area (Å²) in [6.07, 6.45) is -3.24. The summed E-state index contributed by atoms with van der Waals surface area (Å²) < 4.78 is 59.3. The molecule has 0 radical (unpaired) electrons. The van der Waals surface area contributed by atoms with Crippen molar-refractivity contribution in [1.29, 1.82) is 0 Å². The molecule has 2 aliphatic rings. The molecule has 1 fully saturated rings. The van der Waals surface area contributed by atoms with E-state index >= 15 is 0 Å². The zero-order chi connectivity index (χ0) is 21.0. The van der Waals surface area contributed by atoms with Gasteiger partial charge in [-0.3, -0.25) is 4.99 Å². The summed E-state index contributed by atoms with van der Waals surface area (Å²) in [6.45, 7) is 7.88. The fourth-order valence-corrected chi connectivity index (χ4v) is 3.03. The van der Waals surface area contributed by atoms with Crippen LogP contribution in [0, 0.1) is 0 Å². The van der Waals surface area contributed by atoms with E-state index in [1.807, 2.05) is 39.8 Å². The van der Waals surface area contributed by atoms with E-state index in [0.29, 0.717) is 17.1 Å². The molecule has 2 aliphatic heterocycles. The maximum Gasteiger partial charge on any atom is 0.573 e. The number of halogens is 3. The molecule has 0 unspecified atom stereocenters. The second kappa shape index (κ2) is 6.50. The smallest absolute Gasteiger partial charge is 0.454 e. The Morgan fingerprint density at radius 1 is 0.931 bits per heavy atom. The molecule has 0 N–H and O–H groups in total. The van der Waals surface area contributed by atoms with Crippen molar-refractivity contribution in [1.82, 2.24) is 0 Å². The van der Waals surface area contributed by atoms with Gasteiger partial charge in [0.2, 0.25) is 0 Å². The van der Waals surface area contributed by atoms with Crippen LogP contribution in [0.1, 0.15) is 33.3 Å². The molecular formula is C20H19BF3NO4. The molecule has 29 heavy (non-hydrogen) atoms. The highest BCUT2D eigenvalue weighted by molar-refractivity contribution is 6.62. The molecule has 5 nitrogen and oxygen atoms in total. The molecule has 1 saturated heterocycles. The van der Waals surface area contributed by atoms with Gasteiger partial charge in [0, 0.05) is 17.8 Å². The van der Waals surface area contributed by atoms with Gasteiger partial charge in [-0.1, -0.05) is 6.07 Å². The number of fused-ring (bicyclic) bond motifs is 2. The maximum absolute atomic E-state index is 12.5. The van der Waals surface area contributed by atoms with Crippen LogP contribution in [0.5, 0.6) is 17.2 Å². The van der Waals surface area contributed by atoms with Crippen LogP contribution < -0.4 is 14.9 Å². The van der Waals surface area contributed by atoms with Crippen LogP contribution in [0.2, 0.25) is 0 Å². The molecule has 9 heteroatoms. The van der Waals surface area contributed by atoms with Crippen molar-refractivity contribution in [3.63, 3.8) is 0 Å². The number of nitrogens with zero attached hydrogens (tertiary/aromatic N) is 1. The van der Waals surface area contributed by atoms with Crippen LogP contribution in [0.15, 0.2) is 41.4 Å². The topological polar surface area (TPSA) is 49.3 Å². The van der Waals surface area contributed by atoms with E-state index in [9.17, 15) is 13.2 Å². The fraction of sp³-hybridized carbons (Fsp3) is 0.350. The van der Waals surface area contributed by atoms with E-state index in [2.05, 4.69) is 9.73 Å². The van der Waals surface area contributed by atoms with Gasteiger partial charge in [-0.15, -0.1) is 13.2 Å². The lowest BCUT2D eigenvalue weighted by atomic mass is 9.78. The Balaban J connectivity index is 1.62. The van der Waals surface area contributed by atoms with E-state index in [4.69, 9.17) is 14.0 Å². The molecule has 0 atom stereocenters. The Bertz CT molecular complexity index is 972. The van der Waals surface area contributed by atoms with Gasteiger partial charge in [0.05, 0.1) is 11.2 Å². The molecule has 0 saturated carbocycles. The van der Waals surface area contributed by atoms with Gasteiger partial charge in [-0.2, -0.15) is 0 Å². The van der Waals surface area contributed by atoms with E-state index in [-0.39, 0.29) is 11.4 Å². The van der Waals surface area contributed by atoms with Crippen LogP contribution in [-0.2, 0) is 9.31 Å². The van der Waals surface area contributed by atoms with Gasteiger partial charge in [-0.25, -0.2) is 0 Å². The zero-order valence-electron chi connectivity index (χ0n) is 16.3. The Morgan fingerprint density at radius 2 is 1.59 bits per heavy atom. The van der Waals surface area contributed by atoms with Crippen molar-refractivity contribution in [2.24, 2.45) is 4.99 Å². The monoisotopic (exact) mass is 405 g/mol. The maximum atomic E-state index is 12.5. The lowest BCUT2D eigenvalue weighted by molar-refractivity contribution is -0.274. The quantitative estimate of drug-likeness (QED) is 0.578. The first kappa shape index (κ1) is 19.8. The van der Waals surface area contributed by atoms with Crippen LogP contribution in [-0.4, -0.2) is 30.9 Å². The van der Waals surface area contributed by atoms with E-state index in [1.165, 1.54) is 24.4 Å². The zero-order valence-corrected chi connectivity index (χ0v) is 16.3. The molecule has 0 amide bonds. The van der Waals surface area contributed by atoms with E-state index < -0.39 is 24.7 Å². The molecule has 4 rings (SSSR count). The highest BCUT2D eigenvalue weighted by Crippen LogP contribution is 2.40. The Hall–Kier alpha value is -2.52. The summed E-state index contributed by atoms with van der Waals surface area (Å²) in [6, 6.07) is 9.19. The largest absolute Gasteiger partial charge is 0.573 e. The molecule has 0 aliphatic carbocycles. The van der Waals surface area contributed by atoms with Crippen molar-refractivity contribution in [3.8, 4) is 17.2 Å². The molecule has 0 spiro atoms. The van der Waals surface area contributed by atoms with Gasteiger partial charge in [0.1, 0.15) is 17.2 Å². The third-order valence-electron chi connectivity index (χ3n) is 5.29. The van der Waals surface area contributed by atoms with Gasteiger partial charge >= 0.3 is 13.5 Å². The predicted molar refractivity (Wildman–Crippen MR) is 103 cm³/mol. The van der Waals surface area contributed by atoms with Crippen molar-refractivity contribution >= 4 is 24.5 Å². The lowest BCUT2D eigenvalue weighted by Crippen LogP contribution is -2.41. The number of rotatable bonds is 2. The minimum Gasteiger partial charge on any atom is -0.454 e. The molecule has 2 aromatic carbocycles. The van der Waals surface area contributed by atoms with Crippen molar-refractivity contribution in [2.45, 2.75) is 45.3 Å². The molecule has 0 bridgehead atoms. The second-order valence-electron chi connectivity index (χ2n) is 7.92. The van der Waals surface area contributed by atoms with Gasteiger partial charge in [0.25, 0.3) is 0 Å². The van der Waals surface area contributed by atoms with E-state index in [1.54, 1.807) is 6.07 Å². The number of alkyl halides is 3. The highest BCUT2D eigenvalue weighted by atomic mass is 19.4. The van der Waals surface area contributed by atoms with E-state index in [0.717, 1.165) is 5.46 Å². The number of ether oxygens (including phenoxy) is 2. The van der Waals surface area contributed by atoms with Gasteiger partial charge < -0.3 is 18.8 Å². The minimum atomic E-state index is -4.77. The molecule has 2 heterocycles. The number of hydrogen-bond acceptors (Lipinski definition) is 5. The predicted octanol–water partition coefficient (Wildman–Crippen LogP) is 4.74. The van der Waals surface area contributed by atoms with Gasteiger partial charge in [0.15, 0.2) is 5.75 Å². The average Bonchev–Trinajstić information content (AvgIpc) is 2.74. The highest BCUT2D eigenvalue weighted by Gasteiger charge is 2.51. The van der Waals surface area contributed by atoms with Crippen LogP contribution in [0.4, 0.5) is 18.9 Å². The molecule has 0 aromatic heterocycles. The molecule has 152 valence electrons. The summed E-state index contributed by atoms with van der Waals surface area (Å²) in [5, 5.41) is 0. The van der Waals surface area contributed by atoms with Crippen LogP contribution in [0.25, 0.3) is 0 Å². The standard InChI is InChI=1S/C20H19BF3NO4/c1-18(2)19(3,4)29-21(28-18)13-5-7-16-12(9-13)11-25-15-10-14(27-20(22,23)24)6-8-17(15)26-16/h5-11H,1-4H3. The fourth-order valence-electron chi connectivity index (χ4n) is 3.03. The van der Waals surface area contributed by atoms with Crippen molar-refractivity contribution in [2.75, 3.05) is 0 Å². The number of hydrogen-bond donors (Lipinski definition) is 0. The number of benzene rings is 2. The normalized spacial score (nSPS) is 19.2. The summed E-state index contributed by atoms with van der Waals surface area (Å²) >= 11 is 0. The van der Waals surface area contributed by atoms with Crippen molar-refractivity contribution in [3.05, 3.63) is 42.0 Å². The van der Waals surface area contributed by atoms with Crippen LogP contribution in [0.3, 0.4) is 0 Å². The van der Waals surface area contributed by atoms with Crippen LogP contribution >= 0.6 is 0 Å². The van der Waals surface area contributed by atoms with Crippen molar-refractivity contribution < 1.29 is 32.0 Å². The first-order valence-electron chi connectivity index (χ1n) is 9.05. The third-order valence-corrected chi connectivity index (χ3v) is 5.29. The minimum absolute atomic E-state index is 0.236. The Morgan fingerprint density at radius 3 is 2.24 bits per heavy atom. The number of aliphatic imine (C=N–C) groups is 1.